The lowest BCUT2D eigenvalue weighted by Gasteiger charge is -2.30. The van der Waals surface area contributed by atoms with Crippen molar-refractivity contribution in [2.24, 2.45) is 0 Å². The van der Waals surface area contributed by atoms with Crippen molar-refractivity contribution in [3.63, 3.8) is 0 Å². The van der Waals surface area contributed by atoms with Crippen LogP contribution in [0.1, 0.15) is 6.92 Å². The molecule has 0 heterocycles. The average Bonchev–Trinajstić information content (AvgIpc) is 3.07. The molecule has 0 aromatic heterocycles. The van der Waals surface area contributed by atoms with Crippen molar-refractivity contribution in [2.45, 2.75) is 11.8 Å². The summed E-state index contributed by atoms with van der Waals surface area (Å²) in [7, 11) is -0.774. The van der Waals surface area contributed by atoms with Gasteiger partial charge in [-0.2, -0.15) is 0 Å². The van der Waals surface area contributed by atoms with Crippen molar-refractivity contribution in [3.8, 4) is 44.5 Å². The molecule has 210 valence electrons. The summed E-state index contributed by atoms with van der Waals surface area (Å²) in [5.41, 5.74) is 10.1. The lowest BCUT2D eigenvalue weighted by Crippen LogP contribution is -1.99. The summed E-state index contributed by atoms with van der Waals surface area (Å²) in [4.78, 5) is 1.47. The minimum Gasteiger partial charge on any atom is -0.221 e. The molecule has 1 heteroatoms. The van der Waals surface area contributed by atoms with Gasteiger partial charge in [-0.1, -0.05) is 146 Å². The zero-order valence-electron chi connectivity index (χ0n) is 25.0. The molecule has 0 aliphatic carbocycles. The van der Waals surface area contributed by atoms with Gasteiger partial charge in [0.15, 0.2) is 0 Å². The Kier molecular flexibility index (Phi) is 7.13. The monoisotopic (exact) mass is 572 g/mol. The number of benzene rings is 7. The Hall–Kier alpha value is -4.59. The number of hydrogen-bond donors (Lipinski definition) is 0. The molecule has 0 N–H and O–H groups in total. The second kappa shape index (κ2) is 11.2. The van der Waals surface area contributed by atoms with Gasteiger partial charge >= 0.3 is 0 Å². The van der Waals surface area contributed by atoms with Gasteiger partial charge in [0.25, 0.3) is 0 Å². The van der Waals surface area contributed by atoms with E-state index in [9.17, 15) is 0 Å². The van der Waals surface area contributed by atoms with E-state index < -0.39 is 10.0 Å². The molecule has 0 spiro atoms. The maximum atomic E-state index is 2.41. The van der Waals surface area contributed by atoms with Crippen LogP contribution < -0.4 is 0 Å². The predicted octanol–water partition coefficient (Wildman–Crippen LogP) is 12.1. The second-order valence-corrected chi connectivity index (χ2v) is 15.8. The summed E-state index contributed by atoms with van der Waals surface area (Å²) in [5.74, 6) is 1.20. The Labute approximate surface area is 257 Å². The zero-order chi connectivity index (χ0) is 29.4. The molecule has 7 aromatic rings. The lowest BCUT2D eigenvalue weighted by atomic mass is 9.85. The molecule has 0 nitrogen and oxygen atoms in total. The van der Waals surface area contributed by atoms with Crippen LogP contribution in [0, 0.1) is 0 Å². The van der Waals surface area contributed by atoms with Gasteiger partial charge in [0.05, 0.1) is 0 Å². The fourth-order valence-corrected chi connectivity index (χ4v) is 7.48. The Bertz CT molecular complexity index is 2010. The van der Waals surface area contributed by atoms with E-state index in [0.717, 1.165) is 0 Å². The highest BCUT2D eigenvalue weighted by Crippen LogP contribution is 2.49. The molecule has 7 rings (SSSR count). The van der Waals surface area contributed by atoms with Crippen LogP contribution in [0.4, 0.5) is 0 Å². The van der Waals surface area contributed by atoms with Gasteiger partial charge in [-0.15, -0.1) is 0 Å². The number of rotatable bonds is 6. The summed E-state index contributed by atoms with van der Waals surface area (Å²) in [6, 6.07) is 55.8. The average molecular weight is 573 g/mol. The highest BCUT2D eigenvalue weighted by Gasteiger charge is 2.17. The van der Waals surface area contributed by atoms with Crippen LogP contribution in [0.25, 0.3) is 66.1 Å². The minimum atomic E-state index is -0.774. The standard InChI is InChI=1S/C42H36S/c1-4-43(2,3)36-19-13-17-34(29-36)31-24-26-32(27-25-31)41-37-20-8-10-22-39(37)42(40-23-11-9-21-38(40)41)35-18-12-16-33(28-35)30-14-6-5-7-15-30/h5-29H,4H2,1-3H3. The van der Waals surface area contributed by atoms with Gasteiger partial charge in [-0.25, -0.2) is 10.0 Å². The highest BCUT2D eigenvalue weighted by molar-refractivity contribution is 8.32. The molecule has 0 fully saturated rings. The van der Waals surface area contributed by atoms with Gasteiger partial charge in [-0.3, -0.25) is 0 Å². The van der Waals surface area contributed by atoms with Crippen molar-refractivity contribution in [1.29, 1.82) is 0 Å². The van der Waals surface area contributed by atoms with E-state index in [1.807, 2.05) is 0 Å². The van der Waals surface area contributed by atoms with Gasteiger partial charge in [0.1, 0.15) is 0 Å². The van der Waals surface area contributed by atoms with Crippen molar-refractivity contribution in [3.05, 3.63) is 152 Å². The first-order chi connectivity index (χ1) is 21.0. The van der Waals surface area contributed by atoms with E-state index in [2.05, 4.69) is 171 Å². The van der Waals surface area contributed by atoms with E-state index in [1.54, 1.807) is 0 Å². The van der Waals surface area contributed by atoms with Crippen molar-refractivity contribution >= 4 is 31.6 Å². The molecular formula is C42H36S. The van der Waals surface area contributed by atoms with Gasteiger partial charge in [-0.05, 0) is 101 Å². The first-order valence-electron chi connectivity index (χ1n) is 15.0. The third-order valence-electron chi connectivity index (χ3n) is 8.89. The van der Waals surface area contributed by atoms with Gasteiger partial charge < -0.3 is 0 Å². The van der Waals surface area contributed by atoms with Crippen LogP contribution in [-0.2, 0) is 0 Å². The largest absolute Gasteiger partial charge is 0.221 e. The van der Waals surface area contributed by atoms with Gasteiger partial charge in [0, 0.05) is 0 Å². The molecule has 0 radical (unpaired) electrons. The van der Waals surface area contributed by atoms with Crippen molar-refractivity contribution < 1.29 is 0 Å². The van der Waals surface area contributed by atoms with Crippen LogP contribution >= 0.6 is 10.0 Å². The van der Waals surface area contributed by atoms with Crippen LogP contribution in [-0.4, -0.2) is 18.3 Å². The van der Waals surface area contributed by atoms with Crippen molar-refractivity contribution in [1.82, 2.24) is 0 Å². The van der Waals surface area contributed by atoms with Crippen LogP contribution in [0.2, 0.25) is 0 Å². The summed E-state index contributed by atoms with van der Waals surface area (Å²) in [5, 5.41) is 5.12. The molecule has 0 atom stereocenters. The Morgan fingerprint density at radius 3 is 1.37 bits per heavy atom. The van der Waals surface area contributed by atoms with Crippen molar-refractivity contribution in [2.75, 3.05) is 18.3 Å². The van der Waals surface area contributed by atoms with E-state index >= 15 is 0 Å². The lowest BCUT2D eigenvalue weighted by molar-refractivity contribution is 1.38. The summed E-state index contributed by atoms with van der Waals surface area (Å²) < 4.78 is 0. The van der Waals surface area contributed by atoms with E-state index in [4.69, 9.17) is 0 Å². The van der Waals surface area contributed by atoms with Gasteiger partial charge in [0.2, 0.25) is 0 Å². The predicted molar refractivity (Wildman–Crippen MR) is 191 cm³/mol. The summed E-state index contributed by atoms with van der Waals surface area (Å²) >= 11 is 0. The quantitative estimate of drug-likeness (QED) is 0.174. The molecule has 0 unspecified atom stereocenters. The molecule has 0 amide bonds. The molecule has 0 saturated heterocycles. The molecule has 0 aliphatic heterocycles. The summed E-state index contributed by atoms with van der Waals surface area (Å²) in [6.07, 6.45) is 4.82. The smallest absolute Gasteiger partial charge is 0.00262 e. The molecular weight excluding hydrogens is 537 g/mol. The summed E-state index contributed by atoms with van der Waals surface area (Å²) in [6.45, 7) is 2.30. The minimum absolute atomic E-state index is 0.774. The Morgan fingerprint density at radius 2 is 0.791 bits per heavy atom. The van der Waals surface area contributed by atoms with E-state index in [1.165, 1.54) is 76.7 Å². The van der Waals surface area contributed by atoms with E-state index in [-0.39, 0.29) is 0 Å². The SMILES string of the molecule is CCS(C)(C)c1cccc(-c2ccc(-c3c4ccccc4c(-c4cccc(-c5ccccc5)c4)c4ccccc34)cc2)c1. The van der Waals surface area contributed by atoms with Crippen LogP contribution in [0.3, 0.4) is 0 Å². The van der Waals surface area contributed by atoms with Crippen LogP contribution in [0.15, 0.2) is 157 Å². The number of hydrogen-bond acceptors (Lipinski definition) is 0. The maximum Gasteiger partial charge on any atom is -0.00262 e. The molecule has 0 saturated carbocycles. The first kappa shape index (κ1) is 27.3. The molecule has 0 aliphatic rings. The Morgan fingerprint density at radius 1 is 0.372 bits per heavy atom. The molecule has 0 bridgehead atoms. The second-order valence-electron chi connectivity index (χ2n) is 11.7. The van der Waals surface area contributed by atoms with E-state index in [0.29, 0.717) is 0 Å². The third kappa shape index (κ3) is 5.05. The molecule has 43 heavy (non-hydrogen) atoms. The normalized spacial score (nSPS) is 12.1. The first-order valence-corrected chi connectivity index (χ1v) is 17.7. The maximum absolute atomic E-state index is 2.41. The fraction of sp³-hybridized carbons (Fsp3) is 0.0952. The Balaban J connectivity index is 1.39. The topological polar surface area (TPSA) is 0 Å². The molecule has 7 aromatic carbocycles. The fourth-order valence-electron chi connectivity index (χ4n) is 6.25. The number of fused-ring (bicyclic) bond motifs is 2. The van der Waals surface area contributed by atoms with Crippen LogP contribution in [0.5, 0.6) is 0 Å². The third-order valence-corrected chi connectivity index (χ3v) is 11.9. The zero-order valence-corrected chi connectivity index (χ0v) is 25.9. The highest BCUT2D eigenvalue weighted by atomic mass is 32.3.